The zero-order chi connectivity index (χ0) is 12.9. The average molecular weight is 253 g/mol. The largest absolute Gasteiger partial charge is 0.233 e. The van der Waals surface area contributed by atoms with Crippen LogP contribution in [0, 0.1) is 5.92 Å². The second-order valence-electron chi connectivity index (χ2n) is 4.41. The molecule has 0 aliphatic rings. The Bertz CT molecular complexity index is 463. The maximum Gasteiger partial charge on any atom is 0.233 e. The van der Waals surface area contributed by atoms with Crippen molar-refractivity contribution in [2.45, 2.75) is 26.8 Å². The zero-order valence-electron chi connectivity index (χ0n) is 10.4. The topological polar surface area (TPSA) is 46.2 Å². The van der Waals surface area contributed by atoms with Crippen LogP contribution in [0.3, 0.4) is 0 Å². The van der Waals surface area contributed by atoms with Crippen molar-refractivity contribution >= 4 is 16.1 Å². The molecule has 1 aromatic carbocycles. The minimum Gasteiger partial charge on any atom is -0.209 e. The Kier molecular flexibility index (Phi) is 4.90. The number of nitrogens with one attached hydrogen (secondary N) is 1. The average Bonchev–Trinajstić information content (AvgIpc) is 2.27. The van der Waals surface area contributed by atoms with Crippen LogP contribution in [0.2, 0.25) is 0 Å². The fraction of sp³-hybridized carbons (Fsp3) is 0.385. The third-order valence-electron chi connectivity index (χ3n) is 2.59. The predicted octanol–water partition coefficient (Wildman–Crippen LogP) is 2.62. The standard InChI is InChI=1S/C13H19NO2S/c1-11(2)12(3)14-17(15,16)10-9-13-7-5-4-6-8-13/h4-12,14H,1-3H3/b10-9+/t12-/m1/s1. The highest BCUT2D eigenvalue weighted by atomic mass is 32.2. The number of benzene rings is 1. The van der Waals surface area contributed by atoms with E-state index in [0.29, 0.717) is 0 Å². The highest BCUT2D eigenvalue weighted by Crippen LogP contribution is 2.05. The van der Waals surface area contributed by atoms with Crippen molar-refractivity contribution in [3.63, 3.8) is 0 Å². The van der Waals surface area contributed by atoms with E-state index in [2.05, 4.69) is 4.72 Å². The first kappa shape index (κ1) is 13.9. The van der Waals surface area contributed by atoms with E-state index in [1.54, 1.807) is 6.08 Å². The Balaban J connectivity index is 2.71. The summed E-state index contributed by atoms with van der Waals surface area (Å²) in [6, 6.07) is 9.29. The maximum absolute atomic E-state index is 11.7. The molecule has 0 radical (unpaired) electrons. The number of hydrogen-bond acceptors (Lipinski definition) is 2. The Morgan fingerprint density at radius 1 is 1.12 bits per heavy atom. The van der Waals surface area contributed by atoms with Crippen LogP contribution in [-0.4, -0.2) is 14.5 Å². The summed E-state index contributed by atoms with van der Waals surface area (Å²) in [4.78, 5) is 0. The summed E-state index contributed by atoms with van der Waals surface area (Å²) in [5, 5.41) is 1.21. The van der Waals surface area contributed by atoms with E-state index in [1.165, 1.54) is 5.41 Å². The molecule has 0 bridgehead atoms. The summed E-state index contributed by atoms with van der Waals surface area (Å²) in [6.45, 7) is 5.82. The number of rotatable bonds is 5. The molecule has 0 heterocycles. The predicted molar refractivity (Wildman–Crippen MR) is 71.8 cm³/mol. The zero-order valence-corrected chi connectivity index (χ0v) is 11.2. The van der Waals surface area contributed by atoms with E-state index in [1.807, 2.05) is 51.1 Å². The van der Waals surface area contributed by atoms with Gasteiger partial charge in [-0.1, -0.05) is 44.2 Å². The smallest absolute Gasteiger partial charge is 0.209 e. The van der Waals surface area contributed by atoms with Gasteiger partial charge in [0.05, 0.1) is 0 Å². The molecule has 0 aliphatic heterocycles. The van der Waals surface area contributed by atoms with Gasteiger partial charge in [0, 0.05) is 11.4 Å². The Hall–Kier alpha value is -1.13. The first-order valence-electron chi connectivity index (χ1n) is 5.66. The van der Waals surface area contributed by atoms with Gasteiger partial charge in [-0.15, -0.1) is 0 Å². The second-order valence-corrected chi connectivity index (χ2v) is 6.01. The lowest BCUT2D eigenvalue weighted by Gasteiger charge is -2.15. The van der Waals surface area contributed by atoms with Crippen LogP contribution >= 0.6 is 0 Å². The summed E-state index contributed by atoms with van der Waals surface area (Å²) in [6.07, 6.45) is 1.59. The first-order valence-corrected chi connectivity index (χ1v) is 7.21. The fourth-order valence-electron chi connectivity index (χ4n) is 1.17. The molecule has 94 valence electrons. The lowest BCUT2D eigenvalue weighted by atomic mass is 10.1. The summed E-state index contributed by atoms with van der Waals surface area (Å²) in [7, 11) is -3.35. The van der Waals surface area contributed by atoms with Crippen LogP contribution in [0.5, 0.6) is 0 Å². The molecular weight excluding hydrogens is 234 g/mol. The molecule has 3 nitrogen and oxygen atoms in total. The maximum atomic E-state index is 11.7. The normalized spacial score (nSPS) is 14.4. The monoisotopic (exact) mass is 253 g/mol. The second kappa shape index (κ2) is 5.98. The van der Waals surface area contributed by atoms with E-state index in [0.717, 1.165) is 5.56 Å². The lowest BCUT2D eigenvalue weighted by molar-refractivity contribution is 0.480. The molecule has 0 aromatic heterocycles. The van der Waals surface area contributed by atoms with E-state index >= 15 is 0 Å². The van der Waals surface area contributed by atoms with E-state index in [4.69, 9.17) is 0 Å². The van der Waals surface area contributed by atoms with Crippen molar-refractivity contribution in [2.75, 3.05) is 0 Å². The molecule has 1 N–H and O–H groups in total. The Morgan fingerprint density at radius 3 is 2.24 bits per heavy atom. The fourth-order valence-corrected chi connectivity index (χ4v) is 2.37. The molecular formula is C13H19NO2S. The van der Waals surface area contributed by atoms with Crippen molar-refractivity contribution in [1.29, 1.82) is 0 Å². The van der Waals surface area contributed by atoms with Crippen molar-refractivity contribution in [3.8, 4) is 0 Å². The van der Waals surface area contributed by atoms with Gasteiger partial charge in [0.2, 0.25) is 10.0 Å². The molecule has 0 spiro atoms. The van der Waals surface area contributed by atoms with Crippen molar-refractivity contribution in [3.05, 3.63) is 41.3 Å². The first-order chi connectivity index (χ1) is 7.91. The van der Waals surface area contributed by atoms with Crippen LogP contribution in [-0.2, 0) is 10.0 Å². The SMILES string of the molecule is CC(C)[C@@H](C)NS(=O)(=O)/C=C/c1ccccc1. The Labute approximate surface area is 104 Å². The van der Waals surface area contributed by atoms with Gasteiger partial charge >= 0.3 is 0 Å². The quantitative estimate of drug-likeness (QED) is 0.876. The molecule has 0 fully saturated rings. The molecule has 0 amide bonds. The lowest BCUT2D eigenvalue weighted by Crippen LogP contribution is -2.34. The van der Waals surface area contributed by atoms with E-state index in [9.17, 15) is 8.42 Å². The van der Waals surface area contributed by atoms with Gasteiger partial charge in [0.25, 0.3) is 0 Å². The summed E-state index contributed by atoms with van der Waals surface area (Å²) in [5.41, 5.74) is 0.870. The van der Waals surface area contributed by atoms with Crippen molar-refractivity contribution < 1.29 is 8.42 Å². The molecule has 4 heteroatoms. The molecule has 0 saturated heterocycles. The van der Waals surface area contributed by atoms with Gasteiger partial charge in [-0.2, -0.15) is 0 Å². The molecule has 0 unspecified atom stereocenters. The number of hydrogen-bond donors (Lipinski definition) is 1. The third kappa shape index (κ3) is 5.15. The van der Waals surface area contributed by atoms with Gasteiger partial charge in [-0.25, -0.2) is 13.1 Å². The molecule has 1 atom stereocenters. The summed E-state index contributed by atoms with van der Waals surface area (Å²) in [5.74, 6) is 0.273. The van der Waals surface area contributed by atoms with Crippen LogP contribution < -0.4 is 4.72 Å². The minimum atomic E-state index is -3.35. The molecule has 0 saturated carbocycles. The molecule has 0 aliphatic carbocycles. The third-order valence-corrected chi connectivity index (χ3v) is 3.78. The minimum absolute atomic E-state index is 0.0691. The van der Waals surface area contributed by atoms with Gasteiger partial charge in [0.15, 0.2) is 0 Å². The van der Waals surface area contributed by atoms with Crippen LogP contribution in [0.1, 0.15) is 26.3 Å². The summed E-state index contributed by atoms with van der Waals surface area (Å²) < 4.78 is 26.1. The molecule has 17 heavy (non-hydrogen) atoms. The summed E-state index contributed by atoms with van der Waals surface area (Å²) >= 11 is 0. The van der Waals surface area contributed by atoms with Crippen LogP contribution in [0.4, 0.5) is 0 Å². The highest BCUT2D eigenvalue weighted by molar-refractivity contribution is 7.92. The van der Waals surface area contributed by atoms with Gasteiger partial charge in [-0.05, 0) is 24.5 Å². The highest BCUT2D eigenvalue weighted by Gasteiger charge is 2.13. The van der Waals surface area contributed by atoms with E-state index in [-0.39, 0.29) is 12.0 Å². The van der Waals surface area contributed by atoms with Crippen LogP contribution in [0.15, 0.2) is 35.7 Å². The Morgan fingerprint density at radius 2 is 1.71 bits per heavy atom. The van der Waals surface area contributed by atoms with Crippen molar-refractivity contribution in [1.82, 2.24) is 4.72 Å². The van der Waals surface area contributed by atoms with Gasteiger partial charge in [-0.3, -0.25) is 0 Å². The van der Waals surface area contributed by atoms with E-state index < -0.39 is 10.0 Å². The van der Waals surface area contributed by atoms with Crippen LogP contribution in [0.25, 0.3) is 6.08 Å². The molecule has 1 rings (SSSR count). The van der Waals surface area contributed by atoms with Crippen molar-refractivity contribution in [2.24, 2.45) is 5.92 Å². The van der Waals surface area contributed by atoms with Gasteiger partial charge in [0.1, 0.15) is 0 Å². The molecule has 1 aromatic rings. The van der Waals surface area contributed by atoms with Gasteiger partial charge < -0.3 is 0 Å². The number of sulfonamides is 1.